The van der Waals surface area contributed by atoms with Crippen molar-refractivity contribution in [1.82, 2.24) is 5.32 Å². The molecule has 92 valence electrons. The highest BCUT2D eigenvalue weighted by molar-refractivity contribution is 9.10. The minimum absolute atomic E-state index is 0.0375. The van der Waals surface area contributed by atoms with Gasteiger partial charge in [0, 0.05) is 16.6 Å². The molecule has 2 nitrogen and oxygen atoms in total. The third-order valence-electron chi connectivity index (χ3n) is 3.42. The Morgan fingerprint density at radius 3 is 2.53 bits per heavy atom. The molecule has 3 heteroatoms. The van der Waals surface area contributed by atoms with Gasteiger partial charge in [0.25, 0.3) is 5.91 Å². The normalized spacial score (nSPS) is 16.1. The van der Waals surface area contributed by atoms with E-state index >= 15 is 0 Å². The van der Waals surface area contributed by atoms with Gasteiger partial charge in [0.05, 0.1) is 0 Å². The van der Waals surface area contributed by atoms with Crippen molar-refractivity contribution in [3.05, 3.63) is 34.3 Å². The Bertz CT molecular complexity index is 368. The average molecular weight is 296 g/mol. The summed E-state index contributed by atoms with van der Waals surface area (Å²) in [5, 5.41) is 2.99. The van der Waals surface area contributed by atoms with E-state index in [1.807, 2.05) is 24.3 Å². The Labute approximate surface area is 111 Å². The number of carbonyl (C=O) groups is 1. The van der Waals surface area contributed by atoms with Crippen LogP contribution >= 0.6 is 15.9 Å². The van der Waals surface area contributed by atoms with E-state index in [0.29, 0.717) is 0 Å². The Balaban J connectivity index is 1.75. The van der Waals surface area contributed by atoms with Crippen LogP contribution in [0.3, 0.4) is 0 Å². The summed E-state index contributed by atoms with van der Waals surface area (Å²) < 4.78 is 1.00. The van der Waals surface area contributed by atoms with Gasteiger partial charge in [-0.2, -0.15) is 0 Å². The zero-order valence-corrected chi connectivity index (χ0v) is 11.5. The van der Waals surface area contributed by atoms with E-state index in [4.69, 9.17) is 0 Å². The smallest absolute Gasteiger partial charge is 0.251 e. The van der Waals surface area contributed by atoms with E-state index in [1.165, 1.54) is 25.7 Å². The van der Waals surface area contributed by atoms with Gasteiger partial charge in [-0.3, -0.25) is 4.79 Å². The summed E-state index contributed by atoms with van der Waals surface area (Å²) in [6.45, 7) is 0.805. The second-order valence-electron chi connectivity index (χ2n) is 4.70. The summed E-state index contributed by atoms with van der Waals surface area (Å²) in [6.07, 6.45) is 6.54. The third-order valence-corrected chi connectivity index (χ3v) is 3.95. The monoisotopic (exact) mass is 295 g/mol. The van der Waals surface area contributed by atoms with Gasteiger partial charge in [0.15, 0.2) is 0 Å². The first kappa shape index (κ1) is 12.6. The van der Waals surface area contributed by atoms with Crippen molar-refractivity contribution in [3.63, 3.8) is 0 Å². The van der Waals surface area contributed by atoms with Crippen LogP contribution in [0.2, 0.25) is 0 Å². The van der Waals surface area contributed by atoms with Gasteiger partial charge in [-0.1, -0.05) is 41.6 Å². The Hall–Kier alpha value is -0.830. The number of benzene rings is 1. The van der Waals surface area contributed by atoms with Crippen LogP contribution in [0, 0.1) is 5.92 Å². The summed E-state index contributed by atoms with van der Waals surface area (Å²) in [5.41, 5.74) is 0.736. The van der Waals surface area contributed by atoms with E-state index in [9.17, 15) is 4.79 Å². The van der Waals surface area contributed by atoms with Crippen LogP contribution in [-0.2, 0) is 0 Å². The molecular weight excluding hydrogens is 278 g/mol. The molecule has 1 N–H and O–H groups in total. The first-order valence-corrected chi connectivity index (χ1v) is 7.09. The Morgan fingerprint density at radius 2 is 1.88 bits per heavy atom. The van der Waals surface area contributed by atoms with Crippen LogP contribution in [0.5, 0.6) is 0 Å². The maximum absolute atomic E-state index is 11.8. The van der Waals surface area contributed by atoms with Crippen molar-refractivity contribution >= 4 is 21.8 Å². The fraction of sp³-hybridized carbons (Fsp3) is 0.500. The number of halogens is 1. The number of amides is 1. The molecule has 0 aliphatic heterocycles. The van der Waals surface area contributed by atoms with Crippen molar-refractivity contribution in [1.29, 1.82) is 0 Å². The van der Waals surface area contributed by atoms with Gasteiger partial charge in [-0.05, 0) is 36.6 Å². The van der Waals surface area contributed by atoms with E-state index in [1.54, 1.807) is 0 Å². The number of carbonyl (C=O) groups excluding carboxylic acids is 1. The first-order chi connectivity index (χ1) is 8.25. The lowest BCUT2D eigenvalue weighted by Gasteiger charge is -2.09. The van der Waals surface area contributed by atoms with Crippen molar-refractivity contribution in [2.24, 2.45) is 5.92 Å². The molecule has 1 aliphatic carbocycles. The van der Waals surface area contributed by atoms with E-state index in [-0.39, 0.29) is 5.91 Å². The number of nitrogens with one attached hydrogen (secondary N) is 1. The number of hydrogen-bond acceptors (Lipinski definition) is 1. The van der Waals surface area contributed by atoms with Crippen LogP contribution in [-0.4, -0.2) is 12.5 Å². The molecule has 1 saturated carbocycles. The standard InChI is InChI=1S/C14H18BrNO/c15-13-7-5-12(6-8-13)14(17)16-10-9-11-3-1-2-4-11/h5-8,11H,1-4,9-10H2,(H,16,17). The number of rotatable bonds is 4. The van der Waals surface area contributed by atoms with E-state index in [2.05, 4.69) is 21.2 Å². The van der Waals surface area contributed by atoms with Crippen LogP contribution in [0.1, 0.15) is 42.5 Å². The summed E-state index contributed by atoms with van der Waals surface area (Å²) in [7, 11) is 0. The third kappa shape index (κ3) is 3.84. The molecule has 0 heterocycles. The minimum atomic E-state index is 0.0375. The zero-order valence-electron chi connectivity index (χ0n) is 9.92. The molecule has 17 heavy (non-hydrogen) atoms. The molecule has 0 bridgehead atoms. The summed E-state index contributed by atoms with van der Waals surface area (Å²) in [6, 6.07) is 7.47. The summed E-state index contributed by atoms with van der Waals surface area (Å²) in [5.74, 6) is 0.871. The Kier molecular flexibility index (Phi) is 4.60. The highest BCUT2D eigenvalue weighted by Gasteiger charge is 2.14. The van der Waals surface area contributed by atoms with E-state index in [0.717, 1.165) is 28.9 Å². The van der Waals surface area contributed by atoms with Gasteiger partial charge >= 0.3 is 0 Å². The van der Waals surface area contributed by atoms with Crippen LogP contribution in [0.25, 0.3) is 0 Å². The average Bonchev–Trinajstić information content (AvgIpc) is 2.83. The predicted molar refractivity (Wildman–Crippen MR) is 73.1 cm³/mol. The molecule has 2 rings (SSSR count). The maximum Gasteiger partial charge on any atom is 0.251 e. The molecule has 1 aromatic carbocycles. The highest BCUT2D eigenvalue weighted by Crippen LogP contribution is 2.26. The lowest BCUT2D eigenvalue weighted by Crippen LogP contribution is -2.25. The first-order valence-electron chi connectivity index (χ1n) is 6.29. The summed E-state index contributed by atoms with van der Waals surface area (Å²) >= 11 is 3.36. The molecule has 1 aromatic rings. The van der Waals surface area contributed by atoms with Gasteiger partial charge in [0.2, 0.25) is 0 Å². The Morgan fingerprint density at radius 1 is 1.24 bits per heavy atom. The molecule has 0 radical (unpaired) electrons. The van der Waals surface area contributed by atoms with Crippen molar-refractivity contribution in [2.75, 3.05) is 6.54 Å². The van der Waals surface area contributed by atoms with Crippen LogP contribution < -0.4 is 5.32 Å². The van der Waals surface area contributed by atoms with E-state index < -0.39 is 0 Å². The van der Waals surface area contributed by atoms with Gasteiger partial charge in [0.1, 0.15) is 0 Å². The molecule has 0 atom stereocenters. The van der Waals surface area contributed by atoms with Crippen molar-refractivity contribution in [2.45, 2.75) is 32.1 Å². The quantitative estimate of drug-likeness (QED) is 0.900. The largest absolute Gasteiger partial charge is 0.352 e. The van der Waals surface area contributed by atoms with Gasteiger partial charge in [-0.15, -0.1) is 0 Å². The SMILES string of the molecule is O=C(NCCC1CCCC1)c1ccc(Br)cc1. The second-order valence-corrected chi connectivity index (χ2v) is 5.62. The maximum atomic E-state index is 11.8. The molecule has 0 spiro atoms. The predicted octanol–water partition coefficient (Wildman–Crippen LogP) is 3.76. The lowest BCUT2D eigenvalue weighted by molar-refractivity contribution is 0.0951. The van der Waals surface area contributed by atoms with Gasteiger partial charge in [-0.25, -0.2) is 0 Å². The molecule has 0 unspecified atom stereocenters. The fourth-order valence-electron chi connectivity index (χ4n) is 2.39. The zero-order chi connectivity index (χ0) is 12.1. The highest BCUT2D eigenvalue weighted by atomic mass is 79.9. The lowest BCUT2D eigenvalue weighted by atomic mass is 10.0. The molecular formula is C14H18BrNO. The molecule has 1 amide bonds. The molecule has 0 saturated heterocycles. The van der Waals surface area contributed by atoms with Crippen LogP contribution in [0.4, 0.5) is 0 Å². The molecule has 1 fully saturated rings. The molecule has 1 aliphatic rings. The van der Waals surface area contributed by atoms with Gasteiger partial charge < -0.3 is 5.32 Å². The second kappa shape index (κ2) is 6.20. The van der Waals surface area contributed by atoms with Crippen molar-refractivity contribution < 1.29 is 4.79 Å². The molecule has 0 aromatic heterocycles. The fourth-order valence-corrected chi connectivity index (χ4v) is 2.66. The minimum Gasteiger partial charge on any atom is -0.352 e. The summed E-state index contributed by atoms with van der Waals surface area (Å²) in [4.78, 5) is 11.8. The van der Waals surface area contributed by atoms with Crippen molar-refractivity contribution in [3.8, 4) is 0 Å². The number of hydrogen-bond donors (Lipinski definition) is 1. The van der Waals surface area contributed by atoms with Crippen LogP contribution in [0.15, 0.2) is 28.7 Å². The topological polar surface area (TPSA) is 29.1 Å².